The molecule has 0 radical (unpaired) electrons. The maximum atomic E-state index is 12.2. The zero-order valence-electron chi connectivity index (χ0n) is 13.2. The van der Waals surface area contributed by atoms with Crippen LogP contribution in [0, 0.1) is 6.92 Å². The number of hydrogen-bond acceptors (Lipinski definition) is 4. The predicted molar refractivity (Wildman–Crippen MR) is 85.8 cm³/mol. The number of rotatable bonds is 3. The average Bonchev–Trinajstić information content (AvgIpc) is 2.96. The molecule has 5 nitrogen and oxygen atoms in total. The third kappa shape index (κ3) is 3.24. The number of amides is 1. The number of piperidine rings is 1. The normalized spacial score (nSPS) is 21.8. The van der Waals surface area contributed by atoms with Gasteiger partial charge in [0.15, 0.2) is 0 Å². The van der Waals surface area contributed by atoms with E-state index in [4.69, 9.17) is 0 Å². The lowest BCUT2D eigenvalue weighted by Gasteiger charge is -2.34. The number of hydrogen-bond donors (Lipinski definition) is 2. The molecule has 3 rings (SSSR count). The Labute approximate surface area is 131 Å². The Morgan fingerprint density at radius 1 is 1.32 bits per heavy atom. The smallest absolute Gasteiger partial charge is 0.252 e. The summed E-state index contributed by atoms with van der Waals surface area (Å²) in [6.07, 6.45) is 4.90. The SMILES string of the molecule is Cc1cccc(N2CCC(NC(=O)C3(O)CCCC3)CC2)n1. The maximum Gasteiger partial charge on any atom is 0.252 e. The summed E-state index contributed by atoms with van der Waals surface area (Å²) in [4.78, 5) is 19.1. The molecule has 1 saturated heterocycles. The van der Waals surface area contributed by atoms with Crippen LogP contribution < -0.4 is 10.2 Å². The van der Waals surface area contributed by atoms with Gasteiger partial charge in [-0.25, -0.2) is 4.98 Å². The van der Waals surface area contributed by atoms with Gasteiger partial charge in [-0.3, -0.25) is 4.79 Å². The minimum absolute atomic E-state index is 0.165. The molecule has 1 aromatic rings. The molecule has 0 bridgehead atoms. The highest BCUT2D eigenvalue weighted by Gasteiger charge is 2.39. The summed E-state index contributed by atoms with van der Waals surface area (Å²) in [5.41, 5.74) is -0.0914. The van der Waals surface area contributed by atoms with Crippen molar-refractivity contribution < 1.29 is 9.90 Å². The zero-order chi connectivity index (χ0) is 15.6. The topological polar surface area (TPSA) is 65.5 Å². The lowest BCUT2D eigenvalue weighted by molar-refractivity contribution is -0.140. The number of anilines is 1. The van der Waals surface area contributed by atoms with E-state index in [0.717, 1.165) is 50.3 Å². The quantitative estimate of drug-likeness (QED) is 0.893. The van der Waals surface area contributed by atoms with Gasteiger partial charge in [-0.05, 0) is 57.6 Å². The fourth-order valence-electron chi connectivity index (χ4n) is 3.46. The first-order valence-electron chi connectivity index (χ1n) is 8.29. The van der Waals surface area contributed by atoms with Gasteiger partial charge in [-0.2, -0.15) is 0 Å². The number of nitrogens with zero attached hydrogens (tertiary/aromatic N) is 2. The third-order valence-electron chi connectivity index (χ3n) is 4.88. The minimum Gasteiger partial charge on any atom is -0.380 e. The van der Waals surface area contributed by atoms with Gasteiger partial charge in [0.2, 0.25) is 0 Å². The molecule has 2 N–H and O–H groups in total. The number of aryl methyl sites for hydroxylation is 1. The zero-order valence-corrected chi connectivity index (χ0v) is 13.2. The van der Waals surface area contributed by atoms with Crippen LogP contribution in [0.1, 0.15) is 44.2 Å². The van der Waals surface area contributed by atoms with Crippen molar-refractivity contribution in [1.29, 1.82) is 0 Å². The van der Waals surface area contributed by atoms with E-state index >= 15 is 0 Å². The second-order valence-electron chi connectivity index (χ2n) is 6.61. The van der Waals surface area contributed by atoms with Gasteiger partial charge >= 0.3 is 0 Å². The summed E-state index contributed by atoms with van der Waals surface area (Å²) in [6, 6.07) is 6.23. The first-order valence-corrected chi connectivity index (χ1v) is 8.29. The van der Waals surface area contributed by atoms with Crippen molar-refractivity contribution in [2.75, 3.05) is 18.0 Å². The average molecular weight is 303 g/mol. The van der Waals surface area contributed by atoms with Gasteiger partial charge in [-0.15, -0.1) is 0 Å². The van der Waals surface area contributed by atoms with Crippen molar-refractivity contribution in [2.24, 2.45) is 0 Å². The molecule has 1 aromatic heterocycles. The van der Waals surface area contributed by atoms with Gasteiger partial charge < -0.3 is 15.3 Å². The van der Waals surface area contributed by atoms with Crippen molar-refractivity contribution in [2.45, 2.75) is 57.1 Å². The second-order valence-corrected chi connectivity index (χ2v) is 6.61. The maximum absolute atomic E-state index is 12.2. The Kier molecular flexibility index (Phi) is 4.34. The molecule has 2 heterocycles. The fourth-order valence-corrected chi connectivity index (χ4v) is 3.46. The number of aromatic nitrogens is 1. The van der Waals surface area contributed by atoms with Crippen LogP contribution in [0.2, 0.25) is 0 Å². The third-order valence-corrected chi connectivity index (χ3v) is 4.88. The highest BCUT2D eigenvalue weighted by molar-refractivity contribution is 5.85. The number of carbonyl (C=O) groups excluding carboxylic acids is 1. The molecular formula is C17H25N3O2. The molecule has 1 aliphatic heterocycles. The molecule has 1 aliphatic carbocycles. The summed E-state index contributed by atoms with van der Waals surface area (Å²) in [6.45, 7) is 3.78. The summed E-state index contributed by atoms with van der Waals surface area (Å²) in [5.74, 6) is 0.844. The Balaban J connectivity index is 1.52. The number of nitrogens with one attached hydrogen (secondary N) is 1. The summed E-state index contributed by atoms with van der Waals surface area (Å²) >= 11 is 0. The molecule has 5 heteroatoms. The Morgan fingerprint density at radius 3 is 2.64 bits per heavy atom. The van der Waals surface area contributed by atoms with E-state index in [1.165, 1.54) is 0 Å². The highest BCUT2D eigenvalue weighted by atomic mass is 16.3. The summed E-state index contributed by atoms with van der Waals surface area (Å²) < 4.78 is 0. The molecule has 120 valence electrons. The highest BCUT2D eigenvalue weighted by Crippen LogP contribution is 2.30. The van der Waals surface area contributed by atoms with E-state index in [1.54, 1.807) is 0 Å². The van der Waals surface area contributed by atoms with Crippen molar-refractivity contribution in [1.82, 2.24) is 10.3 Å². The number of pyridine rings is 1. The molecule has 22 heavy (non-hydrogen) atoms. The van der Waals surface area contributed by atoms with Gasteiger partial charge in [-0.1, -0.05) is 6.07 Å². The van der Waals surface area contributed by atoms with Gasteiger partial charge in [0.05, 0.1) is 0 Å². The molecule has 2 fully saturated rings. The Bertz CT molecular complexity index is 532. The summed E-state index contributed by atoms with van der Waals surface area (Å²) in [5, 5.41) is 13.4. The van der Waals surface area contributed by atoms with E-state index < -0.39 is 5.60 Å². The van der Waals surface area contributed by atoms with Crippen molar-refractivity contribution in [3.8, 4) is 0 Å². The summed E-state index contributed by atoms with van der Waals surface area (Å²) in [7, 11) is 0. The largest absolute Gasteiger partial charge is 0.380 e. The molecule has 0 spiro atoms. The van der Waals surface area contributed by atoms with E-state index in [0.29, 0.717) is 12.8 Å². The van der Waals surface area contributed by atoms with Crippen molar-refractivity contribution in [3.05, 3.63) is 23.9 Å². The fraction of sp³-hybridized carbons (Fsp3) is 0.647. The minimum atomic E-state index is -1.12. The second kappa shape index (κ2) is 6.24. The van der Waals surface area contributed by atoms with Crippen LogP contribution in [0.4, 0.5) is 5.82 Å². The molecular weight excluding hydrogens is 278 g/mol. The molecule has 0 unspecified atom stereocenters. The van der Waals surface area contributed by atoms with Crippen molar-refractivity contribution >= 4 is 11.7 Å². The van der Waals surface area contributed by atoms with Crippen LogP contribution >= 0.6 is 0 Å². The van der Waals surface area contributed by atoms with Crippen LogP contribution in [-0.2, 0) is 4.79 Å². The molecule has 0 atom stereocenters. The van der Waals surface area contributed by atoms with Crippen LogP contribution in [0.3, 0.4) is 0 Å². The van der Waals surface area contributed by atoms with Crippen LogP contribution in [0.15, 0.2) is 18.2 Å². The number of aliphatic hydroxyl groups is 1. The van der Waals surface area contributed by atoms with Crippen LogP contribution in [0.25, 0.3) is 0 Å². The molecule has 2 aliphatic rings. The number of carbonyl (C=O) groups is 1. The Hall–Kier alpha value is -1.62. The predicted octanol–water partition coefficient (Wildman–Crippen LogP) is 1.78. The van der Waals surface area contributed by atoms with Crippen LogP contribution in [0.5, 0.6) is 0 Å². The van der Waals surface area contributed by atoms with E-state index in [9.17, 15) is 9.90 Å². The molecule has 1 amide bonds. The molecule has 1 saturated carbocycles. The first-order chi connectivity index (χ1) is 10.6. The van der Waals surface area contributed by atoms with Crippen molar-refractivity contribution in [3.63, 3.8) is 0 Å². The Morgan fingerprint density at radius 2 is 2.00 bits per heavy atom. The molecule has 0 aromatic carbocycles. The van der Waals surface area contributed by atoms with E-state index in [-0.39, 0.29) is 11.9 Å². The van der Waals surface area contributed by atoms with Gasteiger partial charge in [0.25, 0.3) is 5.91 Å². The lowest BCUT2D eigenvalue weighted by atomic mass is 9.98. The standard InChI is InChI=1S/C17H25N3O2/c1-13-5-4-6-15(18-13)20-11-7-14(8-12-20)19-16(21)17(22)9-2-3-10-17/h4-6,14,22H,2-3,7-12H2,1H3,(H,19,21). The van der Waals surface area contributed by atoms with Gasteiger partial charge in [0.1, 0.15) is 11.4 Å². The van der Waals surface area contributed by atoms with E-state index in [2.05, 4.69) is 15.2 Å². The van der Waals surface area contributed by atoms with Gasteiger partial charge in [0, 0.05) is 24.8 Å². The van der Waals surface area contributed by atoms with E-state index in [1.807, 2.05) is 25.1 Å². The first kappa shape index (κ1) is 15.3. The lowest BCUT2D eigenvalue weighted by Crippen LogP contribution is -2.52. The monoisotopic (exact) mass is 303 g/mol. The van der Waals surface area contributed by atoms with Crippen LogP contribution in [-0.4, -0.2) is 40.7 Å².